The smallest absolute Gasteiger partial charge is 0.255 e. The monoisotopic (exact) mass is 372 g/mol. The summed E-state index contributed by atoms with van der Waals surface area (Å²) < 4.78 is 0. The Balaban J connectivity index is 1.63. The fourth-order valence-corrected chi connectivity index (χ4v) is 2.94. The minimum absolute atomic E-state index is 0.164. The Morgan fingerprint density at radius 1 is 0.750 bits per heavy atom. The van der Waals surface area contributed by atoms with Crippen LogP contribution in [0.15, 0.2) is 66.7 Å². The summed E-state index contributed by atoms with van der Waals surface area (Å²) >= 11 is 0. The van der Waals surface area contributed by atoms with Crippen molar-refractivity contribution in [2.24, 2.45) is 0 Å². The lowest BCUT2D eigenvalue weighted by Gasteiger charge is -2.10. The molecule has 0 aliphatic heterocycles. The third-order valence-corrected chi connectivity index (χ3v) is 4.59. The molecule has 0 radical (unpaired) electrons. The average molecular weight is 372 g/mol. The number of amides is 2. The van der Waals surface area contributed by atoms with Gasteiger partial charge in [0.05, 0.1) is 0 Å². The maximum absolute atomic E-state index is 12.5. The minimum atomic E-state index is -0.194. The Morgan fingerprint density at radius 3 is 2.07 bits per heavy atom. The number of anilines is 1. The van der Waals surface area contributed by atoms with E-state index in [0.717, 1.165) is 27.9 Å². The molecule has 2 amide bonds. The molecule has 0 aliphatic carbocycles. The number of benzene rings is 3. The van der Waals surface area contributed by atoms with E-state index in [1.54, 1.807) is 24.3 Å². The molecule has 0 heterocycles. The Hall–Kier alpha value is -3.40. The molecular weight excluding hydrogens is 348 g/mol. The van der Waals surface area contributed by atoms with E-state index in [2.05, 4.69) is 10.6 Å². The van der Waals surface area contributed by atoms with Gasteiger partial charge in [-0.15, -0.1) is 0 Å². The zero-order valence-electron chi connectivity index (χ0n) is 16.4. The number of carbonyl (C=O) groups is 2. The molecule has 2 N–H and O–H groups in total. The summed E-state index contributed by atoms with van der Waals surface area (Å²) in [6.07, 6.45) is 0. The van der Waals surface area contributed by atoms with Crippen LogP contribution in [0.2, 0.25) is 0 Å². The summed E-state index contributed by atoms with van der Waals surface area (Å²) in [7, 11) is 0. The van der Waals surface area contributed by atoms with Gasteiger partial charge in [0.2, 0.25) is 0 Å². The van der Waals surface area contributed by atoms with Crippen molar-refractivity contribution >= 4 is 17.5 Å². The highest BCUT2D eigenvalue weighted by atomic mass is 16.2. The average Bonchev–Trinajstić information content (AvgIpc) is 2.69. The summed E-state index contributed by atoms with van der Waals surface area (Å²) in [5, 5.41) is 5.83. The van der Waals surface area contributed by atoms with Gasteiger partial charge in [0.15, 0.2) is 0 Å². The molecule has 0 aliphatic rings. The van der Waals surface area contributed by atoms with E-state index in [1.165, 1.54) is 0 Å². The van der Waals surface area contributed by atoms with Gasteiger partial charge in [0.1, 0.15) is 0 Å². The van der Waals surface area contributed by atoms with Crippen LogP contribution in [0.25, 0.3) is 0 Å². The van der Waals surface area contributed by atoms with E-state index in [0.29, 0.717) is 17.7 Å². The van der Waals surface area contributed by atoms with Crippen LogP contribution in [0, 0.1) is 20.8 Å². The van der Waals surface area contributed by atoms with Crippen LogP contribution in [0.4, 0.5) is 5.69 Å². The summed E-state index contributed by atoms with van der Waals surface area (Å²) in [5.74, 6) is -0.358. The Bertz CT molecular complexity index is 1010. The van der Waals surface area contributed by atoms with E-state index in [1.807, 2.05) is 63.2 Å². The standard InChI is InChI=1S/C24H24N2O2/c1-16-5-4-6-19(13-16)15-25-23(27)20-9-11-21(12-10-20)24(28)26-22-14-17(2)7-8-18(22)3/h4-14H,15H2,1-3H3,(H,25,27)(H,26,28). The second-order valence-electron chi connectivity index (χ2n) is 7.02. The first-order valence-corrected chi connectivity index (χ1v) is 9.25. The SMILES string of the molecule is Cc1cccc(CNC(=O)c2ccc(C(=O)Nc3cc(C)ccc3C)cc2)c1. The lowest BCUT2D eigenvalue weighted by Crippen LogP contribution is -2.23. The van der Waals surface area contributed by atoms with Crippen molar-refractivity contribution in [2.45, 2.75) is 27.3 Å². The van der Waals surface area contributed by atoms with Crippen LogP contribution in [0.1, 0.15) is 43.0 Å². The molecule has 142 valence electrons. The maximum Gasteiger partial charge on any atom is 0.255 e. The lowest BCUT2D eigenvalue weighted by atomic mass is 10.1. The fourth-order valence-electron chi connectivity index (χ4n) is 2.94. The van der Waals surface area contributed by atoms with Crippen LogP contribution in [-0.4, -0.2) is 11.8 Å². The zero-order chi connectivity index (χ0) is 20.1. The first kappa shape index (κ1) is 19.4. The fraction of sp³-hybridized carbons (Fsp3) is 0.167. The number of aryl methyl sites for hydroxylation is 3. The molecule has 3 rings (SSSR count). The van der Waals surface area contributed by atoms with E-state index >= 15 is 0 Å². The van der Waals surface area contributed by atoms with Crippen molar-refractivity contribution in [1.29, 1.82) is 0 Å². The van der Waals surface area contributed by atoms with E-state index in [4.69, 9.17) is 0 Å². The van der Waals surface area contributed by atoms with Gasteiger partial charge in [-0.05, 0) is 67.8 Å². The van der Waals surface area contributed by atoms with Crippen LogP contribution in [-0.2, 0) is 6.54 Å². The summed E-state index contributed by atoms with van der Waals surface area (Å²) in [5.41, 5.74) is 6.13. The third-order valence-electron chi connectivity index (χ3n) is 4.59. The lowest BCUT2D eigenvalue weighted by molar-refractivity contribution is 0.0949. The van der Waals surface area contributed by atoms with Crippen molar-refractivity contribution in [2.75, 3.05) is 5.32 Å². The van der Waals surface area contributed by atoms with Crippen molar-refractivity contribution in [1.82, 2.24) is 5.32 Å². The molecule has 0 spiro atoms. The molecule has 0 bridgehead atoms. The molecular formula is C24H24N2O2. The maximum atomic E-state index is 12.5. The highest BCUT2D eigenvalue weighted by Gasteiger charge is 2.10. The molecule has 4 nitrogen and oxygen atoms in total. The summed E-state index contributed by atoms with van der Waals surface area (Å²) in [4.78, 5) is 24.8. The quantitative estimate of drug-likeness (QED) is 0.676. The number of hydrogen-bond acceptors (Lipinski definition) is 2. The van der Waals surface area contributed by atoms with Crippen LogP contribution in [0.5, 0.6) is 0 Å². The van der Waals surface area contributed by atoms with Crippen molar-refractivity contribution in [3.05, 3.63) is 100 Å². The summed E-state index contributed by atoms with van der Waals surface area (Å²) in [6, 6.07) is 20.6. The van der Waals surface area contributed by atoms with Gasteiger partial charge >= 0.3 is 0 Å². The van der Waals surface area contributed by atoms with E-state index < -0.39 is 0 Å². The topological polar surface area (TPSA) is 58.2 Å². The molecule has 3 aromatic carbocycles. The molecule has 0 atom stereocenters. The first-order valence-electron chi connectivity index (χ1n) is 9.25. The van der Waals surface area contributed by atoms with Gasteiger partial charge in [-0.2, -0.15) is 0 Å². The Kier molecular flexibility index (Phi) is 5.90. The largest absolute Gasteiger partial charge is 0.348 e. The van der Waals surface area contributed by atoms with Crippen LogP contribution < -0.4 is 10.6 Å². The number of rotatable bonds is 5. The normalized spacial score (nSPS) is 10.4. The second kappa shape index (κ2) is 8.53. The van der Waals surface area contributed by atoms with Crippen LogP contribution in [0.3, 0.4) is 0 Å². The Morgan fingerprint density at radius 2 is 1.39 bits per heavy atom. The highest BCUT2D eigenvalue weighted by Crippen LogP contribution is 2.17. The number of carbonyl (C=O) groups excluding carboxylic acids is 2. The Labute approximate surface area is 165 Å². The molecule has 0 saturated heterocycles. The van der Waals surface area contributed by atoms with Crippen molar-refractivity contribution < 1.29 is 9.59 Å². The molecule has 28 heavy (non-hydrogen) atoms. The van der Waals surface area contributed by atoms with E-state index in [9.17, 15) is 9.59 Å². The van der Waals surface area contributed by atoms with Gasteiger partial charge in [-0.3, -0.25) is 9.59 Å². The summed E-state index contributed by atoms with van der Waals surface area (Å²) in [6.45, 7) is 6.43. The minimum Gasteiger partial charge on any atom is -0.348 e. The van der Waals surface area contributed by atoms with Gasteiger partial charge < -0.3 is 10.6 Å². The zero-order valence-corrected chi connectivity index (χ0v) is 16.4. The first-order chi connectivity index (χ1) is 13.4. The van der Waals surface area contributed by atoms with E-state index in [-0.39, 0.29) is 11.8 Å². The van der Waals surface area contributed by atoms with Crippen LogP contribution >= 0.6 is 0 Å². The van der Waals surface area contributed by atoms with Gasteiger partial charge in [0.25, 0.3) is 11.8 Å². The highest BCUT2D eigenvalue weighted by molar-refractivity contribution is 6.05. The predicted octanol–water partition coefficient (Wildman–Crippen LogP) is 4.79. The molecule has 0 aromatic heterocycles. The molecule has 4 heteroatoms. The van der Waals surface area contributed by atoms with Gasteiger partial charge in [0, 0.05) is 23.4 Å². The van der Waals surface area contributed by atoms with Gasteiger partial charge in [-0.25, -0.2) is 0 Å². The molecule has 0 saturated carbocycles. The number of hydrogen-bond donors (Lipinski definition) is 2. The predicted molar refractivity (Wildman–Crippen MR) is 113 cm³/mol. The van der Waals surface area contributed by atoms with Crippen molar-refractivity contribution in [3.63, 3.8) is 0 Å². The van der Waals surface area contributed by atoms with Gasteiger partial charge in [-0.1, -0.05) is 42.0 Å². The molecule has 0 fully saturated rings. The molecule has 0 unspecified atom stereocenters. The third kappa shape index (κ3) is 4.86. The number of nitrogens with one attached hydrogen (secondary N) is 2. The van der Waals surface area contributed by atoms with Crippen molar-refractivity contribution in [3.8, 4) is 0 Å². The molecule has 3 aromatic rings. The second-order valence-corrected chi connectivity index (χ2v) is 7.02.